The van der Waals surface area contributed by atoms with Crippen LogP contribution in [0.5, 0.6) is 0 Å². The van der Waals surface area contributed by atoms with E-state index < -0.39 is 23.5 Å². The van der Waals surface area contributed by atoms with E-state index >= 15 is 0 Å². The molecule has 2 aromatic carbocycles. The lowest BCUT2D eigenvalue weighted by Crippen LogP contribution is -2.39. The lowest BCUT2D eigenvalue weighted by Gasteiger charge is -2.26. The molecule has 0 aliphatic heterocycles. The summed E-state index contributed by atoms with van der Waals surface area (Å²) in [5, 5.41) is 4.17. The van der Waals surface area contributed by atoms with Crippen LogP contribution >= 0.6 is 11.3 Å². The zero-order valence-electron chi connectivity index (χ0n) is 18.6. The van der Waals surface area contributed by atoms with Gasteiger partial charge in [-0.2, -0.15) is 4.98 Å². The molecular formula is C23H21FN6O3S. The molecule has 1 unspecified atom stereocenters. The number of anilines is 3. The first-order valence-corrected chi connectivity index (χ1v) is 11.0. The second kappa shape index (κ2) is 9.02. The van der Waals surface area contributed by atoms with Gasteiger partial charge in [0.2, 0.25) is 11.7 Å². The fourth-order valence-electron chi connectivity index (χ4n) is 3.33. The molecule has 9 nitrogen and oxygen atoms in total. The molecule has 4 rings (SSSR count). The number of hydrogen-bond donors (Lipinski definition) is 2. The number of ketones is 1. The maximum atomic E-state index is 13.4. The average Bonchev–Trinajstić information content (AvgIpc) is 3.44. The van der Waals surface area contributed by atoms with E-state index in [2.05, 4.69) is 15.1 Å². The van der Waals surface area contributed by atoms with Gasteiger partial charge in [0.15, 0.2) is 5.13 Å². The van der Waals surface area contributed by atoms with Gasteiger partial charge in [0.25, 0.3) is 11.7 Å². The van der Waals surface area contributed by atoms with Crippen LogP contribution in [0.1, 0.15) is 33.6 Å². The van der Waals surface area contributed by atoms with Crippen molar-refractivity contribution in [2.45, 2.75) is 26.8 Å². The van der Waals surface area contributed by atoms with Crippen molar-refractivity contribution in [1.29, 1.82) is 0 Å². The van der Waals surface area contributed by atoms with Gasteiger partial charge in [0.05, 0.1) is 0 Å². The summed E-state index contributed by atoms with van der Waals surface area (Å²) in [7, 11) is 0. The van der Waals surface area contributed by atoms with E-state index in [-0.39, 0.29) is 27.5 Å². The molecule has 1 atom stereocenters. The van der Waals surface area contributed by atoms with Crippen LogP contribution < -0.4 is 16.4 Å². The Morgan fingerprint density at radius 1 is 1.12 bits per heavy atom. The van der Waals surface area contributed by atoms with Crippen LogP contribution in [0.4, 0.5) is 21.0 Å². The number of halogens is 1. The molecule has 34 heavy (non-hydrogen) atoms. The third-order valence-electron chi connectivity index (χ3n) is 5.42. The number of carbonyl (C=O) groups excluding carboxylic acids is 2. The molecule has 11 heteroatoms. The second-order valence-corrected chi connectivity index (χ2v) is 8.61. The lowest BCUT2D eigenvalue weighted by molar-refractivity contribution is -0.118. The van der Waals surface area contributed by atoms with Crippen molar-refractivity contribution in [1.82, 2.24) is 15.1 Å². The molecule has 0 aliphatic rings. The van der Waals surface area contributed by atoms with Crippen LogP contribution in [0.15, 0.2) is 47.0 Å². The highest BCUT2D eigenvalue weighted by Gasteiger charge is 2.29. The minimum atomic E-state index is -0.849. The van der Waals surface area contributed by atoms with E-state index in [0.29, 0.717) is 5.69 Å². The molecule has 1 amide bonds. The van der Waals surface area contributed by atoms with Crippen molar-refractivity contribution in [2.24, 2.45) is 5.73 Å². The second-order valence-electron chi connectivity index (χ2n) is 7.64. The number of amides is 1. The first-order valence-electron chi connectivity index (χ1n) is 10.2. The van der Waals surface area contributed by atoms with Crippen molar-refractivity contribution in [3.05, 3.63) is 70.2 Å². The van der Waals surface area contributed by atoms with Gasteiger partial charge in [-0.25, -0.2) is 9.37 Å². The molecule has 0 saturated heterocycles. The fourth-order valence-corrected chi connectivity index (χ4v) is 4.35. The third kappa shape index (κ3) is 4.25. The standard InChI is InChI=1S/C23H21FN6O3S/c1-11-5-4-6-16(12(11)2)21-28-22(33-29-21)17(31)18-19(25)27-23(34-18)30(13(3)20(26)32)15-9-7-14(24)8-10-15/h4-10,13H,25H2,1-3H3,(H2,26,32). The van der Waals surface area contributed by atoms with Crippen molar-refractivity contribution in [3.63, 3.8) is 0 Å². The minimum Gasteiger partial charge on any atom is -0.382 e. The minimum absolute atomic E-state index is 0.0648. The van der Waals surface area contributed by atoms with Gasteiger partial charge in [0, 0.05) is 11.3 Å². The Labute approximate surface area is 198 Å². The largest absolute Gasteiger partial charge is 0.382 e. The normalized spacial score (nSPS) is 11.9. The summed E-state index contributed by atoms with van der Waals surface area (Å²) in [5.41, 5.74) is 14.8. The fraction of sp³-hybridized carbons (Fsp3) is 0.174. The zero-order chi connectivity index (χ0) is 24.6. The maximum absolute atomic E-state index is 13.4. The molecule has 0 saturated carbocycles. The highest BCUT2D eigenvalue weighted by atomic mass is 32.1. The van der Waals surface area contributed by atoms with Crippen molar-refractivity contribution < 1.29 is 18.5 Å². The number of rotatable bonds is 7. The van der Waals surface area contributed by atoms with Crippen LogP contribution in [-0.2, 0) is 4.79 Å². The molecule has 0 spiro atoms. The van der Waals surface area contributed by atoms with Crippen LogP contribution in [0.2, 0.25) is 0 Å². The number of nitrogen functional groups attached to an aromatic ring is 1. The predicted molar refractivity (Wildman–Crippen MR) is 126 cm³/mol. The van der Waals surface area contributed by atoms with Crippen molar-refractivity contribution in [2.75, 3.05) is 10.6 Å². The zero-order valence-corrected chi connectivity index (χ0v) is 19.4. The molecule has 0 bridgehead atoms. The number of benzene rings is 2. The van der Waals surface area contributed by atoms with Crippen LogP contribution in [0.3, 0.4) is 0 Å². The number of thiazole rings is 1. The van der Waals surface area contributed by atoms with Gasteiger partial charge in [-0.1, -0.05) is 34.7 Å². The average molecular weight is 481 g/mol. The smallest absolute Gasteiger partial charge is 0.300 e. The van der Waals surface area contributed by atoms with Gasteiger partial charge in [-0.05, 0) is 56.2 Å². The maximum Gasteiger partial charge on any atom is 0.300 e. The number of nitrogens with two attached hydrogens (primary N) is 2. The van der Waals surface area contributed by atoms with Gasteiger partial charge in [0.1, 0.15) is 22.6 Å². The van der Waals surface area contributed by atoms with Crippen LogP contribution in [0, 0.1) is 19.7 Å². The number of aryl methyl sites for hydroxylation is 1. The first kappa shape index (κ1) is 23.1. The quantitative estimate of drug-likeness (QED) is 0.381. The molecule has 174 valence electrons. The molecule has 2 heterocycles. The van der Waals surface area contributed by atoms with Gasteiger partial charge in [-0.15, -0.1) is 0 Å². The Kier molecular flexibility index (Phi) is 6.12. The number of primary amides is 1. The van der Waals surface area contributed by atoms with Gasteiger partial charge < -0.3 is 20.9 Å². The summed E-state index contributed by atoms with van der Waals surface area (Å²) in [6.45, 7) is 5.46. The van der Waals surface area contributed by atoms with Gasteiger partial charge in [-0.3, -0.25) is 9.59 Å². The molecule has 0 fully saturated rings. The molecule has 0 aliphatic carbocycles. The summed E-state index contributed by atoms with van der Waals surface area (Å²) >= 11 is 0.937. The predicted octanol–water partition coefficient (Wildman–Crippen LogP) is 3.77. The molecule has 2 aromatic heterocycles. The Balaban J connectivity index is 1.70. The lowest BCUT2D eigenvalue weighted by atomic mass is 10.0. The Morgan fingerprint density at radius 2 is 1.82 bits per heavy atom. The summed E-state index contributed by atoms with van der Waals surface area (Å²) in [6.07, 6.45) is 0. The van der Waals surface area contributed by atoms with Crippen molar-refractivity contribution >= 4 is 39.7 Å². The third-order valence-corrected chi connectivity index (χ3v) is 6.49. The molecule has 4 aromatic rings. The Bertz CT molecular complexity index is 1380. The number of nitrogens with zero attached hydrogens (tertiary/aromatic N) is 4. The highest BCUT2D eigenvalue weighted by Crippen LogP contribution is 2.36. The number of aromatic nitrogens is 3. The van der Waals surface area contributed by atoms with E-state index in [1.807, 2.05) is 32.0 Å². The van der Waals surface area contributed by atoms with Gasteiger partial charge >= 0.3 is 0 Å². The summed E-state index contributed by atoms with van der Waals surface area (Å²) < 4.78 is 18.7. The van der Waals surface area contributed by atoms with Crippen molar-refractivity contribution in [3.8, 4) is 11.4 Å². The highest BCUT2D eigenvalue weighted by molar-refractivity contribution is 7.18. The molecule has 4 N–H and O–H groups in total. The van der Waals surface area contributed by atoms with Crippen LogP contribution in [-0.4, -0.2) is 32.9 Å². The van der Waals surface area contributed by atoms with Crippen LogP contribution in [0.25, 0.3) is 11.4 Å². The van der Waals surface area contributed by atoms with E-state index in [0.717, 1.165) is 28.0 Å². The van der Waals surface area contributed by atoms with E-state index in [9.17, 15) is 14.0 Å². The monoisotopic (exact) mass is 480 g/mol. The summed E-state index contributed by atoms with van der Waals surface area (Å²) in [4.78, 5) is 35.1. The SMILES string of the molecule is Cc1cccc(-c2noc(C(=O)c3sc(N(c4ccc(F)cc4)C(C)C(N)=O)nc3N)n2)c1C. The Hall–Kier alpha value is -4.12. The first-order chi connectivity index (χ1) is 16.2. The molecular weight excluding hydrogens is 459 g/mol. The van der Waals surface area contributed by atoms with E-state index in [4.69, 9.17) is 16.0 Å². The molecule has 0 radical (unpaired) electrons. The summed E-state index contributed by atoms with van der Waals surface area (Å²) in [5.74, 6) is -1.71. The number of hydrogen-bond acceptors (Lipinski definition) is 9. The topological polar surface area (TPSA) is 141 Å². The summed E-state index contributed by atoms with van der Waals surface area (Å²) in [6, 6.07) is 10.3. The van der Waals surface area contributed by atoms with E-state index in [1.54, 1.807) is 6.92 Å². The Morgan fingerprint density at radius 3 is 2.50 bits per heavy atom. The number of carbonyl (C=O) groups is 2. The van der Waals surface area contributed by atoms with E-state index in [1.165, 1.54) is 29.2 Å².